The van der Waals surface area contributed by atoms with Gasteiger partial charge < -0.3 is 16.2 Å². The fraction of sp³-hybridized carbons (Fsp3) is 0.318. The SMILES string of the molecule is Cl.NCC1(F)CCCCC1.O=C(NCC1(F)CCCCC1)c1ccc(C#Cc2ccc(F)cc2F)cc1.O=C(O)c1ccc(C#Cc2ccc(F)cc2F)cc1. The number of alkyl halides is 2. The van der Waals surface area contributed by atoms with Gasteiger partial charge in [-0.05, 0) is 98.5 Å². The van der Waals surface area contributed by atoms with Crippen LogP contribution >= 0.6 is 12.4 Å². The van der Waals surface area contributed by atoms with Gasteiger partial charge in [0.05, 0.1) is 23.2 Å². The highest BCUT2D eigenvalue weighted by atomic mass is 35.5. The van der Waals surface area contributed by atoms with Crippen LogP contribution in [0.5, 0.6) is 0 Å². The number of halogens is 7. The van der Waals surface area contributed by atoms with Gasteiger partial charge >= 0.3 is 5.97 Å². The minimum Gasteiger partial charge on any atom is -0.478 e. The molecule has 0 aliphatic heterocycles. The number of aromatic carboxylic acids is 1. The molecule has 56 heavy (non-hydrogen) atoms. The van der Waals surface area contributed by atoms with Crippen molar-refractivity contribution in [3.8, 4) is 23.7 Å². The van der Waals surface area contributed by atoms with E-state index in [0.29, 0.717) is 42.4 Å². The Hall–Kier alpha value is -5.23. The molecule has 0 bridgehead atoms. The second kappa shape index (κ2) is 21.8. The number of carboxylic acid groups (broad SMARTS) is 1. The van der Waals surface area contributed by atoms with E-state index in [-0.39, 0.29) is 48.1 Å². The monoisotopic (exact) mass is 796 g/mol. The third-order valence-corrected chi connectivity index (χ3v) is 9.26. The van der Waals surface area contributed by atoms with Gasteiger partial charge in [0, 0.05) is 35.4 Å². The van der Waals surface area contributed by atoms with Crippen LogP contribution in [0.1, 0.15) is 107 Å². The first-order chi connectivity index (χ1) is 26.3. The maximum absolute atomic E-state index is 14.5. The van der Waals surface area contributed by atoms with Crippen LogP contribution in [0.25, 0.3) is 0 Å². The van der Waals surface area contributed by atoms with Crippen LogP contribution in [0.3, 0.4) is 0 Å². The van der Waals surface area contributed by atoms with Gasteiger partial charge in [0.15, 0.2) is 0 Å². The van der Waals surface area contributed by atoms with Gasteiger partial charge in [-0.15, -0.1) is 12.4 Å². The van der Waals surface area contributed by atoms with Gasteiger partial charge in [-0.2, -0.15) is 0 Å². The molecule has 2 aliphatic rings. The Morgan fingerprint density at radius 2 is 1.02 bits per heavy atom. The van der Waals surface area contributed by atoms with Gasteiger partial charge in [0.1, 0.15) is 34.6 Å². The predicted octanol–water partition coefficient (Wildman–Crippen LogP) is 9.87. The third-order valence-electron chi connectivity index (χ3n) is 9.26. The largest absolute Gasteiger partial charge is 0.478 e. The Balaban J connectivity index is 0.000000251. The molecule has 2 fully saturated rings. The van der Waals surface area contributed by atoms with Crippen molar-refractivity contribution in [3.63, 3.8) is 0 Å². The first kappa shape index (κ1) is 45.2. The van der Waals surface area contributed by atoms with Gasteiger partial charge in [-0.3, -0.25) is 4.79 Å². The second-order valence-electron chi connectivity index (χ2n) is 13.5. The van der Waals surface area contributed by atoms with E-state index in [1.807, 2.05) is 0 Å². The van der Waals surface area contributed by atoms with Crippen molar-refractivity contribution in [3.05, 3.63) is 142 Å². The molecule has 0 saturated heterocycles. The second-order valence-corrected chi connectivity index (χ2v) is 13.5. The average Bonchev–Trinajstić information content (AvgIpc) is 3.18. The van der Waals surface area contributed by atoms with Crippen molar-refractivity contribution in [1.29, 1.82) is 0 Å². The molecule has 4 aromatic carbocycles. The van der Waals surface area contributed by atoms with Crippen LogP contribution in [0.15, 0.2) is 84.9 Å². The van der Waals surface area contributed by atoms with Crippen LogP contribution in [0.2, 0.25) is 0 Å². The smallest absolute Gasteiger partial charge is 0.335 e. The molecule has 0 heterocycles. The molecular formula is C44H43ClF6N2O3. The zero-order chi connectivity index (χ0) is 39.8. The molecule has 2 aliphatic carbocycles. The minimum atomic E-state index is -1.31. The van der Waals surface area contributed by atoms with E-state index in [0.717, 1.165) is 56.4 Å². The first-order valence-electron chi connectivity index (χ1n) is 18.0. The number of hydrogen-bond acceptors (Lipinski definition) is 3. The number of hydrogen-bond donors (Lipinski definition) is 3. The normalized spacial score (nSPS) is 14.9. The fourth-order valence-corrected chi connectivity index (χ4v) is 5.95. The summed E-state index contributed by atoms with van der Waals surface area (Å²) in [6, 6.07) is 18.7. The van der Waals surface area contributed by atoms with Gasteiger partial charge in [-0.1, -0.05) is 62.2 Å². The number of carbonyl (C=O) groups excluding carboxylic acids is 1. The predicted molar refractivity (Wildman–Crippen MR) is 207 cm³/mol. The Labute approximate surface area is 329 Å². The average molecular weight is 797 g/mol. The molecule has 12 heteroatoms. The lowest BCUT2D eigenvalue weighted by Crippen LogP contribution is -2.40. The Morgan fingerprint density at radius 1 is 0.607 bits per heavy atom. The van der Waals surface area contributed by atoms with Crippen LogP contribution < -0.4 is 11.1 Å². The zero-order valence-corrected chi connectivity index (χ0v) is 31.4. The van der Waals surface area contributed by atoms with Crippen LogP contribution in [0.4, 0.5) is 26.3 Å². The Bertz CT molecular complexity index is 2040. The quantitative estimate of drug-likeness (QED) is 0.139. The molecule has 1 amide bonds. The maximum Gasteiger partial charge on any atom is 0.335 e. The summed E-state index contributed by atoms with van der Waals surface area (Å²) in [7, 11) is 0. The number of carbonyl (C=O) groups is 2. The number of rotatable bonds is 5. The number of nitrogens with one attached hydrogen (secondary N) is 1. The molecular weight excluding hydrogens is 754 g/mol. The molecule has 0 unspecified atom stereocenters. The number of nitrogens with two attached hydrogens (primary N) is 1. The van der Waals surface area contributed by atoms with Crippen LogP contribution in [0, 0.1) is 47.0 Å². The van der Waals surface area contributed by atoms with Gasteiger partial charge in [-0.25, -0.2) is 31.1 Å². The molecule has 6 rings (SSSR count). The highest BCUT2D eigenvalue weighted by Gasteiger charge is 2.32. The van der Waals surface area contributed by atoms with Crippen molar-refractivity contribution < 1.29 is 41.0 Å². The summed E-state index contributed by atoms with van der Waals surface area (Å²) in [6.07, 6.45) is 8.33. The van der Waals surface area contributed by atoms with E-state index in [9.17, 15) is 35.9 Å². The summed E-state index contributed by atoms with van der Waals surface area (Å²) in [6.45, 7) is 0.240. The van der Waals surface area contributed by atoms with Gasteiger partial charge in [0.25, 0.3) is 5.91 Å². The van der Waals surface area contributed by atoms with Gasteiger partial charge in [0.2, 0.25) is 0 Å². The minimum absolute atomic E-state index is 0. The van der Waals surface area contributed by atoms with E-state index in [1.165, 1.54) is 42.8 Å². The van der Waals surface area contributed by atoms with Crippen LogP contribution in [-0.2, 0) is 0 Å². The lowest BCUT2D eigenvalue weighted by atomic mass is 9.86. The molecule has 0 atom stereocenters. The van der Waals surface area contributed by atoms with Crippen molar-refractivity contribution >= 4 is 24.3 Å². The first-order valence-corrected chi connectivity index (χ1v) is 18.0. The molecule has 4 N–H and O–H groups in total. The Morgan fingerprint density at radius 3 is 1.39 bits per heavy atom. The molecule has 4 aromatic rings. The molecule has 5 nitrogen and oxygen atoms in total. The summed E-state index contributed by atoms with van der Waals surface area (Å²) in [4.78, 5) is 22.8. The molecule has 0 spiro atoms. The summed E-state index contributed by atoms with van der Waals surface area (Å²) in [5.74, 6) is 6.54. The summed E-state index contributed by atoms with van der Waals surface area (Å²) >= 11 is 0. The molecule has 0 radical (unpaired) electrons. The topological polar surface area (TPSA) is 92.4 Å². The fourth-order valence-electron chi connectivity index (χ4n) is 5.95. The Kier molecular flexibility index (Phi) is 17.5. The van der Waals surface area contributed by atoms with Crippen molar-refractivity contribution in [2.75, 3.05) is 13.1 Å². The summed E-state index contributed by atoms with van der Waals surface area (Å²) in [5.41, 5.74) is 4.84. The summed E-state index contributed by atoms with van der Waals surface area (Å²) in [5, 5.41) is 11.4. The standard InChI is InChI=1S/C22H20F3NO.C15H8F2O2.C7H14FN.ClH/c23-19-11-10-17(20(24)14-19)7-4-16-5-8-18(9-6-16)21(27)26-15-22(25)12-2-1-3-13-22;16-13-8-7-11(14(17)9-13)4-1-10-2-5-12(6-3-10)15(18)19;8-7(6-9)4-2-1-3-5-7;/h5-6,8-11,14H,1-3,12-13,15H2,(H,26,27);2-3,5-9H,(H,18,19);1-6,9H2;1H. The van der Waals surface area contributed by atoms with E-state index >= 15 is 0 Å². The molecule has 2 saturated carbocycles. The molecule has 296 valence electrons. The third kappa shape index (κ3) is 14.4. The van der Waals surface area contributed by atoms with Crippen molar-refractivity contribution in [2.24, 2.45) is 5.73 Å². The van der Waals surface area contributed by atoms with E-state index < -0.39 is 40.6 Å². The number of carboxylic acids is 1. The highest BCUT2D eigenvalue weighted by Crippen LogP contribution is 2.31. The van der Waals surface area contributed by atoms with Crippen molar-refractivity contribution in [2.45, 2.75) is 75.5 Å². The van der Waals surface area contributed by atoms with E-state index in [2.05, 4.69) is 29.0 Å². The van der Waals surface area contributed by atoms with Crippen molar-refractivity contribution in [1.82, 2.24) is 5.32 Å². The summed E-state index contributed by atoms with van der Waals surface area (Å²) < 4.78 is 80.2. The maximum atomic E-state index is 14.5. The number of amides is 1. The lowest BCUT2D eigenvalue weighted by Gasteiger charge is -2.29. The van der Waals surface area contributed by atoms with E-state index in [4.69, 9.17) is 10.8 Å². The zero-order valence-electron chi connectivity index (χ0n) is 30.6. The highest BCUT2D eigenvalue weighted by molar-refractivity contribution is 5.94. The lowest BCUT2D eigenvalue weighted by molar-refractivity contribution is 0.0696. The number of benzene rings is 4. The molecule has 0 aromatic heterocycles. The van der Waals surface area contributed by atoms with Crippen LogP contribution in [-0.4, -0.2) is 41.4 Å². The van der Waals surface area contributed by atoms with E-state index in [1.54, 1.807) is 24.3 Å².